The molecule has 4 heterocycles. The summed E-state index contributed by atoms with van der Waals surface area (Å²) < 4.78 is 1.09. The topological polar surface area (TPSA) is 62.7 Å². The van der Waals surface area contributed by atoms with Crippen LogP contribution in [0.3, 0.4) is 0 Å². The molecule has 1 aliphatic heterocycles. The minimum absolute atomic E-state index is 0.411. The number of hydrogen-bond acceptors (Lipinski definition) is 6. The largest absolute Gasteiger partial charge is 0.365 e. The number of fused-ring (bicyclic) bond motifs is 1. The van der Waals surface area contributed by atoms with E-state index in [1.807, 2.05) is 17.5 Å². The van der Waals surface area contributed by atoms with Crippen LogP contribution in [0.1, 0.15) is 6.42 Å². The van der Waals surface area contributed by atoms with Crippen molar-refractivity contribution in [3.8, 4) is 11.4 Å². The lowest BCUT2D eigenvalue weighted by atomic mass is 10.2. The minimum Gasteiger partial charge on any atom is -0.365 e. The Morgan fingerprint density at radius 2 is 2.27 bits per heavy atom. The van der Waals surface area contributed by atoms with E-state index in [1.54, 1.807) is 23.6 Å². The maximum atomic E-state index is 5.98. The van der Waals surface area contributed by atoms with E-state index in [2.05, 4.69) is 20.6 Å². The molecule has 3 aromatic heterocycles. The molecule has 1 atom stereocenters. The molecule has 0 aromatic carbocycles. The molecule has 0 aliphatic carbocycles. The molecule has 0 saturated carbocycles. The molecule has 1 saturated heterocycles. The second kappa shape index (κ2) is 5.79. The minimum atomic E-state index is 0.411. The average Bonchev–Trinajstić information content (AvgIpc) is 3.18. The fourth-order valence-electron chi connectivity index (χ4n) is 2.60. The lowest BCUT2D eigenvalue weighted by Crippen LogP contribution is -2.22. The zero-order valence-electron chi connectivity index (χ0n) is 11.7. The van der Waals surface area contributed by atoms with Crippen molar-refractivity contribution in [1.82, 2.24) is 20.3 Å². The Kier molecular flexibility index (Phi) is 3.65. The Hall–Kier alpha value is -1.76. The van der Waals surface area contributed by atoms with Crippen molar-refractivity contribution in [1.29, 1.82) is 0 Å². The molecule has 0 radical (unpaired) electrons. The first-order valence-electron chi connectivity index (χ1n) is 7.14. The summed E-state index contributed by atoms with van der Waals surface area (Å²) in [4.78, 5) is 13.4. The Morgan fingerprint density at radius 1 is 1.32 bits per heavy atom. The van der Waals surface area contributed by atoms with Gasteiger partial charge >= 0.3 is 0 Å². The van der Waals surface area contributed by atoms with E-state index < -0.39 is 0 Å². The van der Waals surface area contributed by atoms with E-state index in [-0.39, 0.29) is 0 Å². The second-order valence-corrected chi connectivity index (χ2v) is 6.54. The average molecular weight is 332 g/mol. The van der Waals surface area contributed by atoms with E-state index in [9.17, 15) is 0 Å². The lowest BCUT2D eigenvalue weighted by molar-refractivity contribution is 0.789. The third-order valence-corrected chi connectivity index (χ3v) is 4.81. The van der Waals surface area contributed by atoms with Crippen molar-refractivity contribution in [2.45, 2.75) is 12.5 Å². The molecular weight excluding hydrogens is 318 g/mol. The maximum absolute atomic E-state index is 5.98. The smallest absolute Gasteiger partial charge is 0.162 e. The molecule has 112 valence electrons. The van der Waals surface area contributed by atoms with Gasteiger partial charge in [0.05, 0.1) is 10.2 Å². The molecule has 1 fully saturated rings. The molecular formula is C15H14ClN5S. The van der Waals surface area contributed by atoms with Crippen LogP contribution >= 0.6 is 22.9 Å². The number of rotatable bonds is 3. The van der Waals surface area contributed by atoms with Gasteiger partial charge in [-0.1, -0.05) is 11.6 Å². The summed E-state index contributed by atoms with van der Waals surface area (Å²) >= 11 is 7.64. The molecule has 3 aromatic rings. The van der Waals surface area contributed by atoms with Crippen LogP contribution < -0.4 is 10.6 Å². The molecule has 0 amide bonds. The van der Waals surface area contributed by atoms with Crippen LogP contribution in [0.2, 0.25) is 5.15 Å². The SMILES string of the molecule is Clc1cc(-c2nc(N[C@@H]3CCNC3)c3sccc3n2)ccn1. The normalized spacial score (nSPS) is 18.0. The van der Waals surface area contributed by atoms with Gasteiger partial charge in [0.1, 0.15) is 11.0 Å². The molecule has 0 unspecified atom stereocenters. The highest BCUT2D eigenvalue weighted by molar-refractivity contribution is 7.17. The number of anilines is 1. The first kappa shape index (κ1) is 13.9. The summed E-state index contributed by atoms with van der Waals surface area (Å²) in [5.41, 5.74) is 1.83. The Morgan fingerprint density at radius 3 is 3.09 bits per heavy atom. The Bertz CT molecular complexity index is 813. The molecule has 0 spiro atoms. The number of pyridine rings is 1. The number of halogens is 1. The van der Waals surface area contributed by atoms with Gasteiger partial charge in [-0.2, -0.15) is 0 Å². The zero-order valence-corrected chi connectivity index (χ0v) is 13.3. The van der Waals surface area contributed by atoms with Crippen molar-refractivity contribution < 1.29 is 0 Å². The highest BCUT2D eigenvalue weighted by Crippen LogP contribution is 2.30. The lowest BCUT2D eigenvalue weighted by Gasteiger charge is -2.13. The van der Waals surface area contributed by atoms with Crippen molar-refractivity contribution in [3.05, 3.63) is 34.9 Å². The van der Waals surface area contributed by atoms with Gasteiger partial charge in [0.2, 0.25) is 0 Å². The summed E-state index contributed by atoms with van der Waals surface area (Å²) in [6.45, 7) is 2.01. The molecule has 7 heteroatoms. The van der Waals surface area contributed by atoms with Crippen molar-refractivity contribution in [3.63, 3.8) is 0 Å². The molecule has 1 aliphatic rings. The van der Waals surface area contributed by atoms with Crippen LogP contribution in [0.15, 0.2) is 29.8 Å². The fraction of sp³-hybridized carbons (Fsp3) is 0.267. The number of hydrogen-bond donors (Lipinski definition) is 2. The van der Waals surface area contributed by atoms with E-state index in [0.29, 0.717) is 17.0 Å². The monoisotopic (exact) mass is 331 g/mol. The van der Waals surface area contributed by atoms with E-state index in [4.69, 9.17) is 16.6 Å². The van der Waals surface area contributed by atoms with E-state index in [0.717, 1.165) is 41.1 Å². The van der Waals surface area contributed by atoms with E-state index in [1.165, 1.54) is 0 Å². The third kappa shape index (κ3) is 2.65. The van der Waals surface area contributed by atoms with Crippen LogP contribution in [-0.4, -0.2) is 34.1 Å². The summed E-state index contributed by atoms with van der Waals surface area (Å²) in [6.07, 6.45) is 2.78. The van der Waals surface area contributed by atoms with Gasteiger partial charge in [-0.25, -0.2) is 15.0 Å². The van der Waals surface area contributed by atoms with Gasteiger partial charge in [-0.3, -0.25) is 0 Å². The Balaban J connectivity index is 1.79. The van der Waals surface area contributed by atoms with Gasteiger partial charge < -0.3 is 10.6 Å². The first-order valence-corrected chi connectivity index (χ1v) is 8.40. The van der Waals surface area contributed by atoms with Crippen molar-refractivity contribution in [2.24, 2.45) is 0 Å². The van der Waals surface area contributed by atoms with Crippen LogP contribution in [0.25, 0.3) is 21.6 Å². The van der Waals surface area contributed by atoms with Gasteiger partial charge in [0.25, 0.3) is 0 Å². The van der Waals surface area contributed by atoms with Crippen LogP contribution in [0.5, 0.6) is 0 Å². The van der Waals surface area contributed by atoms with Crippen molar-refractivity contribution >= 4 is 39.0 Å². The number of aromatic nitrogens is 3. The third-order valence-electron chi connectivity index (χ3n) is 3.69. The second-order valence-electron chi connectivity index (χ2n) is 5.23. The number of thiophene rings is 1. The summed E-state index contributed by atoms with van der Waals surface area (Å²) in [7, 11) is 0. The van der Waals surface area contributed by atoms with Crippen LogP contribution in [-0.2, 0) is 0 Å². The molecule has 5 nitrogen and oxygen atoms in total. The predicted octanol–water partition coefficient (Wildman–Crippen LogP) is 3.18. The standard InChI is InChI=1S/C15H14ClN5S/c16-12-7-9(1-5-18-12)14-20-11-3-6-22-13(11)15(21-14)19-10-2-4-17-8-10/h1,3,5-7,10,17H,2,4,8H2,(H,19,20,21)/t10-/m1/s1. The van der Waals surface area contributed by atoms with Gasteiger partial charge in [-0.05, 0) is 36.5 Å². The van der Waals surface area contributed by atoms with Gasteiger partial charge in [0, 0.05) is 24.3 Å². The highest BCUT2D eigenvalue weighted by atomic mass is 35.5. The van der Waals surface area contributed by atoms with Crippen molar-refractivity contribution in [2.75, 3.05) is 18.4 Å². The Labute approximate surface area is 136 Å². The zero-order chi connectivity index (χ0) is 14.9. The molecule has 4 rings (SSSR count). The summed E-state index contributed by atoms with van der Waals surface area (Å²) in [5.74, 6) is 1.57. The summed E-state index contributed by atoms with van der Waals surface area (Å²) in [6, 6.07) is 6.09. The van der Waals surface area contributed by atoms with Gasteiger partial charge in [0.15, 0.2) is 5.82 Å². The number of nitrogens with one attached hydrogen (secondary N) is 2. The molecule has 22 heavy (non-hydrogen) atoms. The fourth-order valence-corrected chi connectivity index (χ4v) is 3.56. The van der Waals surface area contributed by atoms with E-state index >= 15 is 0 Å². The molecule has 0 bridgehead atoms. The first-order chi connectivity index (χ1) is 10.8. The quantitative estimate of drug-likeness (QED) is 0.722. The van der Waals surface area contributed by atoms with Crippen LogP contribution in [0.4, 0.5) is 5.82 Å². The predicted molar refractivity (Wildman–Crippen MR) is 90.6 cm³/mol. The van der Waals surface area contributed by atoms with Gasteiger partial charge in [-0.15, -0.1) is 11.3 Å². The van der Waals surface area contributed by atoms with Crippen LogP contribution in [0, 0.1) is 0 Å². The highest BCUT2D eigenvalue weighted by Gasteiger charge is 2.18. The molecule has 2 N–H and O–H groups in total. The maximum Gasteiger partial charge on any atom is 0.162 e. The summed E-state index contributed by atoms with van der Waals surface area (Å²) in [5, 5.41) is 9.39. The number of nitrogens with zero attached hydrogens (tertiary/aromatic N) is 3.